The number of rotatable bonds is 6. The molecular weight excluding hydrogens is 256 g/mol. The van der Waals surface area contributed by atoms with E-state index in [9.17, 15) is 4.79 Å². The van der Waals surface area contributed by atoms with E-state index in [4.69, 9.17) is 14.6 Å². The molecule has 0 amide bonds. The summed E-state index contributed by atoms with van der Waals surface area (Å²) in [6.45, 7) is -0.377. The normalized spacial score (nSPS) is 18.6. The third kappa shape index (κ3) is 3.84. The van der Waals surface area contributed by atoms with Crippen LogP contribution in [0, 0.1) is 5.92 Å². The number of allylic oxidation sites excluding steroid dienone is 2. The lowest BCUT2D eigenvalue weighted by molar-refractivity contribution is -0.116. The smallest absolute Gasteiger partial charge is 0.185 e. The zero-order valence-corrected chi connectivity index (χ0v) is 11.7. The van der Waals surface area contributed by atoms with Crippen molar-refractivity contribution in [2.75, 3.05) is 13.9 Å². The second kappa shape index (κ2) is 7.10. The van der Waals surface area contributed by atoms with Crippen LogP contribution in [-0.4, -0.2) is 24.8 Å². The molecule has 1 aliphatic carbocycles. The van der Waals surface area contributed by atoms with Crippen LogP contribution in [0.2, 0.25) is 0 Å². The molecule has 1 aromatic rings. The number of ether oxygens (including phenoxy) is 2. The standard InChI is InChI=1S/C16H20O4/c1-19-15-8-3-12(4-9-15)2-5-13-6-7-14(18)10-16(13)20-11-17/h3-4,8-10,13,17H,2,5-7,11H2,1H3. The van der Waals surface area contributed by atoms with E-state index in [-0.39, 0.29) is 18.5 Å². The second-order valence-corrected chi connectivity index (χ2v) is 4.91. The molecule has 0 bridgehead atoms. The Morgan fingerprint density at radius 1 is 1.30 bits per heavy atom. The van der Waals surface area contributed by atoms with E-state index >= 15 is 0 Å². The number of aliphatic hydroxyl groups excluding tert-OH is 1. The van der Waals surface area contributed by atoms with Crippen molar-refractivity contribution in [2.24, 2.45) is 5.92 Å². The van der Waals surface area contributed by atoms with Crippen LogP contribution in [0.4, 0.5) is 0 Å². The number of benzene rings is 1. The number of carbonyl (C=O) groups is 1. The number of hydrogen-bond donors (Lipinski definition) is 1. The Bertz CT molecular complexity index is 476. The van der Waals surface area contributed by atoms with Gasteiger partial charge in [0.15, 0.2) is 12.6 Å². The maximum atomic E-state index is 11.4. The summed E-state index contributed by atoms with van der Waals surface area (Å²) in [7, 11) is 1.65. The highest BCUT2D eigenvalue weighted by molar-refractivity contribution is 5.90. The van der Waals surface area contributed by atoms with Gasteiger partial charge in [0.1, 0.15) is 11.5 Å². The lowest BCUT2D eigenvalue weighted by atomic mass is 9.88. The molecule has 0 aliphatic heterocycles. The highest BCUT2D eigenvalue weighted by Gasteiger charge is 2.22. The van der Waals surface area contributed by atoms with Gasteiger partial charge in [-0.1, -0.05) is 12.1 Å². The van der Waals surface area contributed by atoms with E-state index in [0.29, 0.717) is 12.2 Å². The summed E-state index contributed by atoms with van der Waals surface area (Å²) in [6, 6.07) is 7.98. The molecule has 0 saturated heterocycles. The molecule has 1 unspecified atom stereocenters. The number of aliphatic hydroxyl groups is 1. The summed E-state index contributed by atoms with van der Waals surface area (Å²) < 4.78 is 10.3. The van der Waals surface area contributed by atoms with Gasteiger partial charge >= 0.3 is 0 Å². The van der Waals surface area contributed by atoms with Crippen LogP contribution in [0.1, 0.15) is 24.8 Å². The summed E-state index contributed by atoms with van der Waals surface area (Å²) in [6.07, 6.45) is 4.70. The fraction of sp³-hybridized carbons (Fsp3) is 0.438. The average Bonchev–Trinajstić information content (AvgIpc) is 2.47. The van der Waals surface area contributed by atoms with Gasteiger partial charge in [0.25, 0.3) is 0 Å². The summed E-state index contributed by atoms with van der Waals surface area (Å²) >= 11 is 0. The number of carbonyl (C=O) groups excluding carboxylic acids is 1. The first-order chi connectivity index (χ1) is 9.72. The van der Waals surface area contributed by atoms with E-state index < -0.39 is 0 Å². The molecule has 0 radical (unpaired) electrons. The van der Waals surface area contributed by atoms with Crippen molar-refractivity contribution in [1.82, 2.24) is 0 Å². The van der Waals surface area contributed by atoms with Crippen molar-refractivity contribution in [1.29, 1.82) is 0 Å². The molecule has 0 heterocycles. The number of hydrogen-bond acceptors (Lipinski definition) is 4. The first-order valence-electron chi connectivity index (χ1n) is 6.84. The summed E-state index contributed by atoms with van der Waals surface area (Å²) in [5.74, 6) is 1.76. The molecule has 0 fully saturated rings. The molecule has 20 heavy (non-hydrogen) atoms. The predicted molar refractivity (Wildman–Crippen MR) is 75.3 cm³/mol. The van der Waals surface area contributed by atoms with Crippen molar-refractivity contribution >= 4 is 5.78 Å². The second-order valence-electron chi connectivity index (χ2n) is 4.91. The lowest BCUT2D eigenvalue weighted by Gasteiger charge is -2.23. The molecule has 0 aromatic heterocycles. The van der Waals surface area contributed by atoms with Crippen molar-refractivity contribution in [3.8, 4) is 5.75 Å². The van der Waals surface area contributed by atoms with E-state index in [1.165, 1.54) is 11.6 Å². The zero-order valence-electron chi connectivity index (χ0n) is 11.7. The van der Waals surface area contributed by atoms with Gasteiger partial charge in [-0.05, 0) is 37.0 Å². The Morgan fingerprint density at radius 2 is 2.05 bits per heavy atom. The molecule has 0 saturated carbocycles. The maximum absolute atomic E-state index is 11.4. The van der Waals surface area contributed by atoms with Gasteiger partial charge < -0.3 is 14.6 Å². The van der Waals surface area contributed by atoms with Crippen LogP contribution in [0.5, 0.6) is 5.75 Å². The van der Waals surface area contributed by atoms with Crippen LogP contribution in [-0.2, 0) is 16.0 Å². The minimum atomic E-state index is -0.377. The van der Waals surface area contributed by atoms with Crippen LogP contribution in [0.25, 0.3) is 0 Å². The highest BCUT2D eigenvalue weighted by Crippen LogP contribution is 2.28. The monoisotopic (exact) mass is 276 g/mol. The fourth-order valence-electron chi connectivity index (χ4n) is 2.46. The minimum Gasteiger partial charge on any atom is -0.497 e. The van der Waals surface area contributed by atoms with E-state index in [2.05, 4.69) is 0 Å². The Labute approximate surface area is 119 Å². The Hall–Kier alpha value is -1.81. The first-order valence-corrected chi connectivity index (χ1v) is 6.84. The largest absolute Gasteiger partial charge is 0.497 e. The first kappa shape index (κ1) is 14.6. The van der Waals surface area contributed by atoms with Gasteiger partial charge in [-0.2, -0.15) is 0 Å². The van der Waals surface area contributed by atoms with Gasteiger partial charge in [0.2, 0.25) is 0 Å². The lowest BCUT2D eigenvalue weighted by Crippen LogP contribution is -2.17. The van der Waals surface area contributed by atoms with Gasteiger partial charge in [-0.15, -0.1) is 0 Å². The van der Waals surface area contributed by atoms with Crippen molar-refractivity contribution in [2.45, 2.75) is 25.7 Å². The van der Waals surface area contributed by atoms with Crippen molar-refractivity contribution < 1.29 is 19.4 Å². The summed E-state index contributed by atoms with van der Waals surface area (Å²) in [5, 5.41) is 8.88. The molecule has 1 aromatic carbocycles. The SMILES string of the molecule is COc1ccc(CCC2CCC(=O)C=C2OCO)cc1. The number of methoxy groups -OCH3 is 1. The van der Waals surface area contributed by atoms with Gasteiger partial charge in [0, 0.05) is 18.4 Å². The fourth-order valence-corrected chi connectivity index (χ4v) is 2.46. The Morgan fingerprint density at radius 3 is 2.70 bits per heavy atom. The van der Waals surface area contributed by atoms with E-state index in [1.807, 2.05) is 24.3 Å². The molecule has 2 rings (SSSR count). The number of aryl methyl sites for hydroxylation is 1. The topological polar surface area (TPSA) is 55.8 Å². The minimum absolute atomic E-state index is 0.0779. The third-order valence-corrected chi connectivity index (χ3v) is 3.62. The number of ketones is 1. The van der Waals surface area contributed by atoms with Crippen LogP contribution < -0.4 is 4.74 Å². The molecule has 1 aliphatic rings. The summed E-state index contributed by atoms with van der Waals surface area (Å²) in [5.41, 5.74) is 1.23. The quantitative estimate of drug-likeness (QED) is 0.811. The zero-order chi connectivity index (χ0) is 14.4. The third-order valence-electron chi connectivity index (χ3n) is 3.62. The predicted octanol–water partition coefficient (Wildman–Crippen LogP) is 2.46. The maximum Gasteiger partial charge on any atom is 0.185 e. The van der Waals surface area contributed by atoms with E-state index in [1.54, 1.807) is 7.11 Å². The average molecular weight is 276 g/mol. The van der Waals surface area contributed by atoms with Crippen LogP contribution >= 0.6 is 0 Å². The highest BCUT2D eigenvalue weighted by atomic mass is 16.6. The van der Waals surface area contributed by atoms with Gasteiger partial charge in [-0.3, -0.25) is 4.79 Å². The molecule has 4 heteroatoms. The molecule has 1 N–H and O–H groups in total. The van der Waals surface area contributed by atoms with Gasteiger partial charge in [-0.25, -0.2) is 0 Å². The molecular formula is C16H20O4. The van der Waals surface area contributed by atoms with E-state index in [0.717, 1.165) is 25.0 Å². The van der Waals surface area contributed by atoms with Crippen LogP contribution in [0.15, 0.2) is 36.1 Å². The molecule has 1 atom stereocenters. The van der Waals surface area contributed by atoms with Crippen molar-refractivity contribution in [3.63, 3.8) is 0 Å². The van der Waals surface area contributed by atoms with Crippen LogP contribution in [0.3, 0.4) is 0 Å². The molecule has 4 nitrogen and oxygen atoms in total. The van der Waals surface area contributed by atoms with Crippen molar-refractivity contribution in [3.05, 3.63) is 41.7 Å². The summed E-state index contributed by atoms with van der Waals surface area (Å²) in [4.78, 5) is 11.4. The Kier molecular flexibility index (Phi) is 5.18. The Balaban J connectivity index is 1.94. The molecule has 0 spiro atoms. The van der Waals surface area contributed by atoms with Gasteiger partial charge in [0.05, 0.1) is 7.11 Å². The molecule has 108 valence electrons.